The SMILES string of the molecule is Cc1cc(C)cc(NC(=S)Nc2cc(C(=O)NCc3ccc4c(c3)OCO4)ccc2N2C[C@H]3C[C@@H](C2)c2cccc(=O)n2C3)c1. The van der Waals surface area contributed by atoms with Crippen molar-refractivity contribution in [1.82, 2.24) is 9.88 Å². The van der Waals surface area contributed by atoms with Crippen LogP contribution < -0.4 is 35.9 Å². The second-order valence-corrected chi connectivity index (χ2v) is 12.6. The number of hydrogen-bond donors (Lipinski definition) is 3. The molecule has 10 heteroatoms. The van der Waals surface area contributed by atoms with Crippen molar-refractivity contribution in [3.05, 3.63) is 111 Å². The Labute approximate surface area is 267 Å². The molecule has 2 bridgehead atoms. The monoisotopic (exact) mass is 621 g/mol. The van der Waals surface area contributed by atoms with Crippen molar-refractivity contribution in [3.63, 3.8) is 0 Å². The lowest BCUT2D eigenvalue weighted by molar-refractivity contribution is 0.0951. The fourth-order valence-electron chi connectivity index (χ4n) is 6.81. The van der Waals surface area contributed by atoms with Crippen molar-refractivity contribution in [3.8, 4) is 11.5 Å². The molecule has 4 aromatic rings. The summed E-state index contributed by atoms with van der Waals surface area (Å²) in [5.74, 6) is 1.78. The number of nitrogens with one attached hydrogen (secondary N) is 3. The topological polar surface area (TPSA) is 96.9 Å². The van der Waals surface area contributed by atoms with E-state index in [0.717, 1.165) is 59.0 Å². The molecule has 45 heavy (non-hydrogen) atoms. The molecule has 1 fully saturated rings. The van der Waals surface area contributed by atoms with Gasteiger partial charge in [-0.15, -0.1) is 0 Å². The van der Waals surface area contributed by atoms with E-state index in [9.17, 15) is 9.59 Å². The Morgan fingerprint density at radius 2 is 1.73 bits per heavy atom. The molecule has 3 aliphatic rings. The number of hydrogen-bond acceptors (Lipinski definition) is 6. The fourth-order valence-corrected chi connectivity index (χ4v) is 7.04. The molecule has 1 saturated heterocycles. The third kappa shape index (κ3) is 6.10. The third-order valence-electron chi connectivity index (χ3n) is 8.70. The summed E-state index contributed by atoms with van der Waals surface area (Å²) >= 11 is 5.77. The second kappa shape index (κ2) is 11.9. The van der Waals surface area contributed by atoms with Crippen molar-refractivity contribution in [2.24, 2.45) is 5.92 Å². The minimum atomic E-state index is -0.195. The van der Waals surface area contributed by atoms with Crippen LogP contribution in [0.1, 0.15) is 45.1 Å². The summed E-state index contributed by atoms with van der Waals surface area (Å²) in [4.78, 5) is 28.3. The summed E-state index contributed by atoms with van der Waals surface area (Å²) in [6.07, 6.45) is 1.05. The number of amides is 1. The Balaban J connectivity index is 1.14. The quantitative estimate of drug-likeness (QED) is 0.241. The summed E-state index contributed by atoms with van der Waals surface area (Å²) < 4.78 is 12.8. The van der Waals surface area contributed by atoms with Gasteiger partial charge in [0.1, 0.15) is 0 Å². The number of benzene rings is 3. The van der Waals surface area contributed by atoms with Crippen LogP contribution in [0.3, 0.4) is 0 Å². The maximum atomic E-state index is 13.4. The molecular weight excluding hydrogens is 586 g/mol. The molecule has 4 heterocycles. The summed E-state index contributed by atoms with van der Waals surface area (Å²) in [6.45, 7) is 6.94. The number of nitrogens with zero attached hydrogens (tertiary/aromatic N) is 2. The van der Waals surface area contributed by atoms with Crippen LogP contribution in [0.5, 0.6) is 11.5 Å². The molecule has 7 rings (SSSR count). The summed E-state index contributed by atoms with van der Waals surface area (Å²) in [5, 5.41) is 10.2. The highest BCUT2D eigenvalue weighted by Gasteiger charge is 2.35. The molecule has 3 N–H and O–H groups in total. The molecule has 0 saturated carbocycles. The summed E-state index contributed by atoms with van der Waals surface area (Å²) in [7, 11) is 0. The Morgan fingerprint density at radius 1 is 0.911 bits per heavy atom. The Hall–Kier alpha value is -4.83. The van der Waals surface area contributed by atoms with E-state index in [-0.39, 0.29) is 24.2 Å². The summed E-state index contributed by atoms with van der Waals surface area (Å²) in [5.41, 5.74) is 7.49. The van der Waals surface area contributed by atoms with E-state index in [2.05, 4.69) is 46.8 Å². The highest BCUT2D eigenvalue weighted by molar-refractivity contribution is 7.80. The van der Waals surface area contributed by atoms with Crippen LogP contribution in [-0.4, -0.2) is 35.5 Å². The third-order valence-corrected chi connectivity index (χ3v) is 8.90. The average molecular weight is 622 g/mol. The first-order valence-electron chi connectivity index (χ1n) is 15.2. The van der Waals surface area contributed by atoms with Gasteiger partial charge in [0.25, 0.3) is 11.5 Å². The summed E-state index contributed by atoms with van der Waals surface area (Å²) in [6, 6.07) is 23.2. The van der Waals surface area contributed by atoms with Gasteiger partial charge < -0.3 is 34.9 Å². The van der Waals surface area contributed by atoms with Gasteiger partial charge in [0.15, 0.2) is 16.6 Å². The predicted molar refractivity (Wildman–Crippen MR) is 180 cm³/mol. The van der Waals surface area contributed by atoms with Gasteiger partial charge in [-0.1, -0.05) is 18.2 Å². The first-order valence-corrected chi connectivity index (χ1v) is 15.6. The fraction of sp³-hybridized carbons (Fsp3) is 0.286. The van der Waals surface area contributed by atoms with E-state index in [1.54, 1.807) is 6.07 Å². The van der Waals surface area contributed by atoms with Crippen molar-refractivity contribution in [2.45, 2.75) is 39.3 Å². The number of thiocarbonyl (C=S) groups is 1. The van der Waals surface area contributed by atoms with Crippen LogP contribution in [0, 0.1) is 19.8 Å². The van der Waals surface area contributed by atoms with E-state index >= 15 is 0 Å². The van der Waals surface area contributed by atoms with Crippen LogP contribution in [-0.2, 0) is 13.1 Å². The van der Waals surface area contributed by atoms with Crippen LogP contribution >= 0.6 is 12.2 Å². The first kappa shape index (κ1) is 28.9. The molecule has 0 unspecified atom stereocenters. The maximum absolute atomic E-state index is 13.4. The highest BCUT2D eigenvalue weighted by Crippen LogP contribution is 2.39. The molecule has 1 aromatic heterocycles. The zero-order valence-electron chi connectivity index (χ0n) is 25.3. The number of piperidine rings is 1. The van der Waals surface area contributed by atoms with Gasteiger partial charge in [0, 0.05) is 55.1 Å². The Bertz CT molecular complexity index is 1850. The number of fused-ring (bicyclic) bond motifs is 5. The molecule has 9 nitrogen and oxygen atoms in total. The molecular formula is C35H35N5O4S. The number of ether oxygens (including phenoxy) is 2. The number of pyridine rings is 1. The minimum absolute atomic E-state index is 0.0666. The highest BCUT2D eigenvalue weighted by atomic mass is 32.1. The van der Waals surface area contributed by atoms with E-state index in [1.807, 2.05) is 59.2 Å². The Kier molecular flexibility index (Phi) is 7.66. The maximum Gasteiger partial charge on any atom is 0.251 e. The van der Waals surface area contributed by atoms with Gasteiger partial charge in [0.05, 0.1) is 11.4 Å². The van der Waals surface area contributed by atoms with Gasteiger partial charge >= 0.3 is 0 Å². The standard InChI is InChI=1S/C35H35N5O4S/c1-21-10-22(2)12-27(11-21)37-35(45)38-28-15-25(34(42)36-16-23-6-9-31-32(14-23)44-20-43-31)7-8-30(28)39-17-24-13-26(19-39)29-4-3-5-33(41)40(29)18-24/h3-12,14-15,24,26H,13,16-20H2,1-2H3,(H,36,42)(H2,37,38,45)/t24-,26+/m1/s1. The second-order valence-electron chi connectivity index (χ2n) is 12.2. The Morgan fingerprint density at radius 3 is 2.58 bits per heavy atom. The molecule has 0 radical (unpaired) electrons. The molecule has 3 aromatic carbocycles. The molecule has 1 amide bonds. The zero-order chi connectivity index (χ0) is 31.1. The average Bonchev–Trinajstić information content (AvgIpc) is 3.48. The largest absolute Gasteiger partial charge is 0.454 e. The van der Waals surface area contributed by atoms with Gasteiger partial charge in [-0.05, 0) is 104 Å². The van der Waals surface area contributed by atoms with Gasteiger partial charge in [-0.25, -0.2) is 0 Å². The van der Waals surface area contributed by atoms with Crippen LogP contribution in [0.25, 0.3) is 0 Å². The normalized spacial score (nSPS) is 17.8. The lowest BCUT2D eigenvalue weighted by atomic mass is 9.83. The number of rotatable bonds is 6. The van der Waals surface area contributed by atoms with Gasteiger partial charge in [-0.2, -0.15) is 0 Å². The van der Waals surface area contributed by atoms with Gasteiger partial charge in [0.2, 0.25) is 6.79 Å². The number of carbonyl (C=O) groups is 1. The van der Waals surface area contributed by atoms with Crippen molar-refractivity contribution in [1.29, 1.82) is 0 Å². The lowest BCUT2D eigenvalue weighted by Gasteiger charge is -2.44. The van der Waals surface area contributed by atoms with E-state index in [4.69, 9.17) is 21.7 Å². The van der Waals surface area contributed by atoms with E-state index in [1.165, 1.54) is 0 Å². The first-order chi connectivity index (χ1) is 21.8. The number of aryl methyl sites for hydroxylation is 2. The molecule has 0 aliphatic carbocycles. The van der Waals surface area contributed by atoms with Crippen LogP contribution in [0.4, 0.5) is 17.1 Å². The van der Waals surface area contributed by atoms with Gasteiger partial charge in [-0.3, -0.25) is 9.59 Å². The number of aromatic nitrogens is 1. The van der Waals surface area contributed by atoms with Crippen LogP contribution in [0.2, 0.25) is 0 Å². The van der Waals surface area contributed by atoms with Crippen LogP contribution in [0.15, 0.2) is 77.6 Å². The van der Waals surface area contributed by atoms with E-state index in [0.29, 0.717) is 41.2 Å². The zero-order valence-corrected chi connectivity index (χ0v) is 26.1. The van der Waals surface area contributed by atoms with Crippen molar-refractivity contribution >= 4 is 40.3 Å². The van der Waals surface area contributed by atoms with Crippen molar-refractivity contribution in [2.75, 3.05) is 35.4 Å². The lowest BCUT2D eigenvalue weighted by Crippen LogP contribution is -2.47. The molecule has 0 spiro atoms. The molecule has 230 valence electrons. The molecule has 3 aliphatic heterocycles. The number of anilines is 3. The number of carbonyl (C=O) groups excluding carboxylic acids is 1. The molecule has 2 atom stereocenters. The minimum Gasteiger partial charge on any atom is -0.454 e. The smallest absolute Gasteiger partial charge is 0.251 e. The van der Waals surface area contributed by atoms with E-state index < -0.39 is 0 Å². The van der Waals surface area contributed by atoms with Crippen molar-refractivity contribution < 1.29 is 14.3 Å². The predicted octanol–water partition coefficient (Wildman–Crippen LogP) is 5.56.